The number of ether oxygens (including phenoxy) is 3. The van der Waals surface area contributed by atoms with Crippen LogP contribution in [0.3, 0.4) is 0 Å². The molecule has 0 bridgehead atoms. The number of hydrogen-bond donors (Lipinski definition) is 0. The van der Waals surface area contributed by atoms with Gasteiger partial charge in [-0.25, -0.2) is 0 Å². The van der Waals surface area contributed by atoms with E-state index >= 15 is 0 Å². The largest absolute Gasteiger partial charge is 0.492 e. The van der Waals surface area contributed by atoms with Gasteiger partial charge in [-0.15, -0.1) is 47.3 Å². The first-order chi connectivity index (χ1) is 19.7. The van der Waals surface area contributed by atoms with Crippen LogP contribution in [0.25, 0.3) is 20.5 Å². The Bertz CT molecular complexity index is 1400. The van der Waals surface area contributed by atoms with E-state index in [1.54, 1.807) is 34.9 Å². The molecule has 0 spiro atoms. The van der Waals surface area contributed by atoms with E-state index in [-0.39, 0.29) is 18.2 Å². The van der Waals surface area contributed by atoms with Gasteiger partial charge in [0.15, 0.2) is 5.78 Å². The molecule has 0 atom stereocenters. The summed E-state index contributed by atoms with van der Waals surface area (Å²) in [5, 5.41) is 0.936. The molecule has 0 radical (unpaired) electrons. The third-order valence-corrected chi connectivity index (χ3v) is 8.84. The number of piperidine rings is 1. The molecule has 1 fully saturated rings. The molecule has 218 valence electrons. The molecule has 0 aliphatic carbocycles. The van der Waals surface area contributed by atoms with Crippen molar-refractivity contribution in [2.75, 3.05) is 50.6 Å². The zero-order valence-electron chi connectivity index (χ0n) is 23.4. The van der Waals surface area contributed by atoms with Crippen molar-refractivity contribution >= 4 is 63.1 Å². The summed E-state index contributed by atoms with van der Waals surface area (Å²) < 4.78 is 18.6. The molecule has 0 amide bonds. The molecular weight excluding hydrogens is 594 g/mol. The van der Waals surface area contributed by atoms with E-state index in [4.69, 9.17) is 14.2 Å². The Kier molecular flexibility index (Phi) is 12.1. The third-order valence-electron chi connectivity index (χ3n) is 6.93. The Morgan fingerprint density at radius 3 is 2.10 bits per heavy atom. The molecule has 4 aromatic rings. The van der Waals surface area contributed by atoms with Gasteiger partial charge in [-0.2, -0.15) is 0 Å². The fourth-order valence-corrected chi connectivity index (χ4v) is 6.62. The van der Waals surface area contributed by atoms with Crippen LogP contribution >= 0.6 is 47.3 Å². The molecule has 0 N–H and O–H groups in total. The van der Waals surface area contributed by atoms with Crippen LogP contribution in [-0.4, -0.2) is 61.3 Å². The average Bonchev–Trinajstić information content (AvgIpc) is 3.38. The second kappa shape index (κ2) is 15.8. The van der Waals surface area contributed by atoms with Gasteiger partial charge in [-0.3, -0.25) is 9.69 Å². The zero-order chi connectivity index (χ0) is 27.7. The van der Waals surface area contributed by atoms with Gasteiger partial charge in [0.1, 0.15) is 35.7 Å². The van der Waals surface area contributed by atoms with Crippen molar-refractivity contribution in [2.45, 2.75) is 19.3 Å². The van der Waals surface area contributed by atoms with Crippen LogP contribution in [0, 0.1) is 0 Å². The summed E-state index contributed by atoms with van der Waals surface area (Å²) in [6.45, 7) is 3.91. The minimum absolute atomic E-state index is 0. The number of likely N-dealkylation sites (tertiary alicyclic amines) is 1. The molecule has 41 heavy (non-hydrogen) atoms. The standard InChI is InChI=1S/C32H35NO4S3.ClH/c1-38-21-36-26-12-8-24(9-13-26)32-30(28-15-14-27(37-22-39-2)20-29(28)40-32)31(34)23-6-10-25(11-7-23)35-19-18-33-16-4-3-5-17-33;/h6-15,20H,3-5,16-19,21-22H2,1-2H3;1H. The smallest absolute Gasteiger partial charge is 0.195 e. The topological polar surface area (TPSA) is 48.0 Å². The Hall–Kier alpha value is -2.36. The lowest BCUT2D eigenvalue weighted by atomic mass is 9.97. The fraction of sp³-hybridized carbons (Fsp3) is 0.344. The Labute approximate surface area is 261 Å². The Morgan fingerprint density at radius 1 is 0.805 bits per heavy atom. The number of hydrogen-bond acceptors (Lipinski definition) is 8. The van der Waals surface area contributed by atoms with Crippen molar-refractivity contribution < 1.29 is 19.0 Å². The average molecular weight is 630 g/mol. The molecule has 1 aliphatic rings. The number of fused-ring (bicyclic) bond motifs is 1. The van der Waals surface area contributed by atoms with Crippen molar-refractivity contribution in [1.82, 2.24) is 4.90 Å². The Morgan fingerprint density at radius 2 is 1.41 bits per heavy atom. The van der Waals surface area contributed by atoms with Gasteiger partial charge in [0.25, 0.3) is 0 Å². The van der Waals surface area contributed by atoms with Crippen molar-refractivity contribution in [3.63, 3.8) is 0 Å². The van der Waals surface area contributed by atoms with Gasteiger partial charge in [-0.1, -0.05) is 6.42 Å². The first-order valence-corrected chi connectivity index (χ1v) is 17.2. The van der Waals surface area contributed by atoms with Crippen molar-refractivity contribution in [1.29, 1.82) is 0 Å². The van der Waals surface area contributed by atoms with Crippen molar-refractivity contribution in [3.05, 3.63) is 77.9 Å². The van der Waals surface area contributed by atoms with E-state index in [1.165, 1.54) is 19.3 Å². The maximum absolute atomic E-state index is 14.0. The summed E-state index contributed by atoms with van der Waals surface area (Å²) in [5.74, 6) is 3.60. The molecule has 2 heterocycles. The zero-order valence-corrected chi connectivity index (χ0v) is 26.7. The van der Waals surface area contributed by atoms with Crippen LogP contribution in [0.5, 0.6) is 17.2 Å². The van der Waals surface area contributed by atoms with Gasteiger partial charge in [-0.05, 0) is 111 Å². The van der Waals surface area contributed by atoms with Gasteiger partial charge in [0.05, 0.1) is 0 Å². The number of carbonyl (C=O) groups is 1. The summed E-state index contributed by atoms with van der Waals surface area (Å²) >= 11 is 4.88. The normalized spacial score (nSPS) is 13.5. The monoisotopic (exact) mass is 629 g/mol. The highest BCUT2D eigenvalue weighted by Crippen LogP contribution is 2.42. The number of ketones is 1. The predicted octanol–water partition coefficient (Wildman–Crippen LogP) is 8.48. The summed E-state index contributed by atoms with van der Waals surface area (Å²) in [7, 11) is 0. The lowest BCUT2D eigenvalue weighted by Crippen LogP contribution is -2.33. The summed E-state index contributed by atoms with van der Waals surface area (Å²) in [5.41, 5.74) is 2.35. The molecule has 9 heteroatoms. The first kappa shape index (κ1) is 31.6. The molecule has 1 saturated heterocycles. The summed E-state index contributed by atoms with van der Waals surface area (Å²) in [6.07, 6.45) is 7.90. The van der Waals surface area contributed by atoms with Crippen LogP contribution in [0.1, 0.15) is 35.2 Å². The van der Waals surface area contributed by atoms with Crippen molar-refractivity contribution in [2.24, 2.45) is 0 Å². The van der Waals surface area contributed by atoms with Crippen LogP contribution in [0.4, 0.5) is 0 Å². The minimum Gasteiger partial charge on any atom is -0.492 e. The van der Waals surface area contributed by atoms with E-state index in [0.717, 1.165) is 57.4 Å². The number of rotatable bonds is 13. The quantitative estimate of drug-likeness (QED) is 0.109. The van der Waals surface area contributed by atoms with Crippen LogP contribution in [-0.2, 0) is 0 Å². The lowest BCUT2D eigenvalue weighted by Gasteiger charge is -2.26. The maximum Gasteiger partial charge on any atom is 0.195 e. The summed E-state index contributed by atoms with van der Waals surface area (Å²) in [6, 6.07) is 21.5. The second-order valence-corrected chi connectivity index (χ2v) is 12.4. The van der Waals surface area contributed by atoms with Crippen molar-refractivity contribution in [3.8, 4) is 27.7 Å². The molecule has 0 unspecified atom stereocenters. The molecule has 5 nitrogen and oxygen atoms in total. The number of nitrogens with zero attached hydrogens (tertiary/aromatic N) is 1. The van der Waals surface area contributed by atoms with E-state index in [0.29, 0.717) is 29.6 Å². The number of thiophene rings is 1. The highest BCUT2D eigenvalue weighted by Gasteiger charge is 2.22. The minimum atomic E-state index is 0. The number of benzene rings is 3. The van der Waals surface area contributed by atoms with Gasteiger partial charge < -0.3 is 14.2 Å². The van der Waals surface area contributed by atoms with E-state index in [9.17, 15) is 4.79 Å². The molecule has 0 saturated carbocycles. The maximum atomic E-state index is 14.0. The van der Waals surface area contributed by atoms with E-state index in [2.05, 4.69) is 4.90 Å². The summed E-state index contributed by atoms with van der Waals surface area (Å²) in [4.78, 5) is 17.4. The number of thioether (sulfide) groups is 2. The first-order valence-electron chi connectivity index (χ1n) is 13.6. The lowest BCUT2D eigenvalue weighted by molar-refractivity contribution is 0.104. The van der Waals surface area contributed by atoms with Crippen LogP contribution in [0.2, 0.25) is 0 Å². The fourth-order valence-electron chi connectivity index (χ4n) is 4.87. The van der Waals surface area contributed by atoms with Gasteiger partial charge in [0, 0.05) is 32.6 Å². The molecule has 1 aromatic heterocycles. The highest BCUT2D eigenvalue weighted by molar-refractivity contribution is 7.98. The third kappa shape index (κ3) is 8.14. The van der Waals surface area contributed by atoms with Gasteiger partial charge >= 0.3 is 0 Å². The number of carbonyl (C=O) groups excluding carboxylic acids is 1. The Balaban J connectivity index is 0.00000387. The highest BCUT2D eigenvalue weighted by atomic mass is 35.5. The van der Waals surface area contributed by atoms with E-state index < -0.39 is 0 Å². The molecule has 1 aliphatic heterocycles. The molecular formula is C32H36ClNO4S3. The second-order valence-electron chi connectivity index (χ2n) is 9.69. The molecule has 3 aromatic carbocycles. The van der Waals surface area contributed by atoms with Crippen LogP contribution in [0.15, 0.2) is 66.7 Å². The van der Waals surface area contributed by atoms with Gasteiger partial charge in [0.2, 0.25) is 0 Å². The van der Waals surface area contributed by atoms with Crippen LogP contribution < -0.4 is 14.2 Å². The SMILES string of the molecule is CSCOc1ccc(-c2sc3cc(OCSC)ccc3c2C(=O)c2ccc(OCCN3CCCCC3)cc2)cc1.Cl. The van der Waals surface area contributed by atoms with E-state index in [1.807, 2.05) is 79.2 Å². The molecule has 5 rings (SSSR count). The predicted molar refractivity (Wildman–Crippen MR) is 178 cm³/mol. The number of halogens is 1.